The molecule has 10 heteroatoms. The van der Waals surface area contributed by atoms with Crippen LogP contribution < -0.4 is 5.32 Å². The van der Waals surface area contributed by atoms with Crippen molar-refractivity contribution < 1.29 is 4.74 Å². The summed E-state index contributed by atoms with van der Waals surface area (Å²) in [5.41, 5.74) is 7.41. The average molecular weight is 573 g/mol. The summed E-state index contributed by atoms with van der Waals surface area (Å²) in [4.78, 5) is 12.4. The number of nitrogens with zero attached hydrogens (tertiary/aromatic N) is 7. The van der Waals surface area contributed by atoms with Gasteiger partial charge >= 0.3 is 0 Å². The summed E-state index contributed by atoms with van der Waals surface area (Å²) in [6.45, 7) is 6.25. The average Bonchev–Trinajstić information content (AvgIpc) is 3.58. The Balaban J connectivity index is 1.10. The summed E-state index contributed by atoms with van der Waals surface area (Å²) in [6, 6.07) is 9.10. The van der Waals surface area contributed by atoms with E-state index < -0.39 is 0 Å². The van der Waals surface area contributed by atoms with Crippen molar-refractivity contribution in [2.75, 3.05) is 31.6 Å². The Morgan fingerprint density at radius 2 is 1.85 bits per heavy atom. The zero-order chi connectivity index (χ0) is 27.9. The molecule has 0 radical (unpaired) electrons. The molecule has 0 saturated carbocycles. The van der Waals surface area contributed by atoms with Gasteiger partial charge in [0.25, 0.3) is 0 Å². The van der Waals surface area contributed by atoms with E-state index >= 15 is 0 Å². The summed E-state index contributed by atoms with van der Waals surface area (Å²) in [5.74, 6) is 0.870. The molecule has 214 valence electrons. The quantitative estimate of drug-likeness (QED) is 0.325. The first-order valence-corrected chi connectivity index (χ1v) is 15.2. The Morgan fingerprint density at radius 3 is 2.66 bits per heavy atom. The van der Waals surface area contributed by atoms with Crippen LogP contribution in [0.15, 0.2) is 42.9 Å². The fourth-order valence-corrected chi connectivity index (χ4v) is 6.97. The highest BCUT2D eigenvalue weighted by molar-refractivity contribution is 6.31. The molecule has 0 amide bonds. The lowest BCUT2D eigenvalue weighted by atomic mass is 9.85. The standard InChI is InChI=1S/C31H37ClN8O/c1-20-15-27-29(28(38(2)37-27)16-21-5-3-4-6-26(21)32)30-25(20)18-33-31(36-30)35-22-17-34-40(19-22)24-7-11-39(12-8-24)23-9-13-41-14-10-23/h3-6,17-20,23-24H,7-16H2,1-2H3,(H,33,35,36). The Bertz CT molecular complexity index is 1530. The largest absolute Gasteiger partial charge is 0.381 e. The number of nitrogens with one attached hydrogen (secondary N) is 1. The molecule has 41 heavy (non-hydrogen) atoms. The molecule has 1 unspecified atom stereocenters. The number of hydrogen-bond donors (Lipinski definition) is 1. The van der Waals surface area contributed by atoms with E-state index in [2.05, 4.69) is 34.1 Å². The van der Waals surface area contributed by atoms with E-state index in [0.717, 1.165) is 103 Å². The number of ether oxygens (including phenoxy) is 1. The van der Waals surface area contributed by atoms with Crippen molar-refractivity contribution in [1.29, 1.82) is 0 Å². The van der Waals surface area contributed by atoms with E-state index in [9.17, 15) is 0 Å². The highest BCUT2D eigenvalue weighted by atomic mass is 35.5. The van der Waals surface area contributed by atoms with Gasteiger partial charge in [0, 0.05) is 74.4 Å². The number of benzene rings is 1. The van der Waals surface area contributed by atoms with Gasteiger partial charge in [0.1, 0.15) is 0 Å². The molecule has 7 rings (SSSR count). The lowest BCUT2D eigenvalue weighted by molar-refractivity contribution is 0.0212. The first-order valence-electron chi connectivity index (χ1n) is 14.8. The van der Waals surface area contributed by atoms with Crippen molar-refractivity contribution in [2.24, 2.45) is 7.05 Å². The van der Waals surface area contributed by atoms with Gasteiger partial charge in [-0.1, -0.05) is 36.7 Å². The highest BCUT2D eigenvalue weighted by Crippen LogP contribution is 2.41. The number of piperidine rings is 1. The van der Waals surface area contributed by atoms with Crippen molar-refractivity contribution >= 4 is 23.2 Å². The molecule has 2 fully saturated rings. The Morgan fingerprint density at radius 1 is 1.05 bits per heavy atom. The second kappa shape index (κ2) is 11.2. The van der Waals surface area contributed by atoms with Crippen LogP contribution in [-0.4, -0.2) is 66.8 Å². The van der Waals surface area contributed by atoms with Gasteiger partial charge in [0.05, 0.1) is 35.0 Å². The van der Waals surface area contributed by atoms with Crippen molar-refractivity contribution in [3.8, 4) is 11.3 Å². The number of likely N-dealkylation sites (tertiary alicyclic amines) is 1. The molecule has 1 aromatic carbocycles. The summed E-state index contributed by atoms with van der Waals surface area (Å²) in [6.07, 6.45) is 12.1. The predicted molar refractivity (Wildman–Crippen MR) is 160 cm³/mol. The Labute approximate surface area is 245 Å². The number of rotatable bonds is 6. The lowest BCUT2D eigenvalue weighted by Crippen LogP contribution is -2.44. The predicted octanol–water partition coefficient (Wildman–Crippen LogP) is 5.54. The van der Waals surface area contributed by atoms with Crippen LogP contribution >= 0.6 is 11.6 Å². The van der Waals surface area contributed by atoms with E-state index in [4.69, 9.17) is 36.5 Å². The molecule has 3 aromatic heterocycles. The number of fused-ring (bicyclic) bond motifs is 3. The van der Waals surface area contributed by atoms with Crippen LogP contribution in [0.1, 0.15) is 67.1 Å². The summed E-state index contributed by atoms with van der Waals surface area (Å²) in [7, 11) is 2.01. The third-order valence-corrected chi connectivity index (χ3v) is 9.45. The van der Waals surface area contributed by atoms with Gasteiger partial charge in [0.2, 0.25) is 5.95 Å². The summed E-state index contributed by atoms with van der Waals surface area (Å²) in [5, 5.41) is 13.8. The van der Waals surface area contributed by atoms with Crippen LogP contribution in [0.3, 0.4) is 0 Å². The van der Waals surface area contributed by atoms with Crippen molar-refractivity contribution in [3.63, 3.8) is 0 Å². The first-order chi connectivity index (χ1) is 20.0. The molecule has 0 bridgehead atoms. The molecule has 3 aliphatic rings. The molecule has 9 nitrogen and oxygen atoms in total. The maximum atomic E-state index is 6.54. The third-order valence-electron chi connectivity index (χ3n) is 9.08. The molecule has 5 heterocycles. The van der Waals surface area contributed by atoms with Crippen LogP contribution in [0.2, 0.25) is 5.02 Å². The van der Waals surface area contributed by atoms with E-state index in [1.807, 2.05) is 42.3 Å². The van der Waals surface area contributed by atoms with Crippen molar-refractivity contribution in [2.45, 2.75) is 63.5 Å². The normalized spacial score (nSPS) is 20.1. The maximum Gasteiger partial charge on any atom is 0.227 e. The second-order valence-electron chi connectivity index (χ2n) is 11.7. The van der Waals surface area contributed by atoms with Gasteiger partial charge < -0.3 is 15.0 Å². The van der Waals surface area contributed by atoms with Gasteiger partial charge in [-0.3, -0.25) is 9.36 Å². The molecule has 1 aliphatic carbocycles. The topological polar surface area (TPSA) is 85.9 Å². The zero-order valence-corrected chi connectivity index (χ0v) is 24.5. The third kappa shape index (κ3) is 5.27. The number of halogens is 1. The smallest absolute Gasteiger partial charge is 0.227 e. The molecule has 1 atom stereocenters. The number of hydrogen-bond acceptors (Lipinski definition) is 7. The van der Waals surface area contributed by atoms with Crippen molar-refractivity contribution in [1.82, 2.24) is 34.4 Å². The van der Waals surface area contributed by atoms with E-state index in [1.54, 1.807) is 0 Å². The summed E-state index contributed by atoms with van der Waals surface area (Å²) < 4.78 is 9.66. The number of aromatic nitrogens is 6. The number of aryl methyl sites for hydroxylation is 1. The monoisotopic (exact) mass is 572 g/mol. The fourth-order valence-electron chi connectivity index (χ4n) is 6.77. The van der Waals surface area contributed by atoms with Crippen molar-refractivity contribution in [3.05, 3.63) is 70.4 Å². The maximum absolute atomic E-state index is 6.54. The lowest BCUT2D eigenvalue weighted by Gasteiger charge is -2.39. The minimum absolute atomic E-state index is 0.296. The number of anilines is 2. The van der Waals surface area contributed by atoms with Gasteiger partial charge in [-0.15, -0.1) is 0 Å². The Kier molecular flexibility index (Phi) is 7.27. The molecule has 0 spiro atoms. The first kappa shape index (κ1) is 26.6. The molecule has 2 aliphatic heterocycles. The van der Waals surface area contributed by atoms with Gasteiger partial charge in [-0.25, -0.2) is 9.97 Å². The van der Waals surface area contributed by atoms with E-state index in [0.29, 0.717) is 30.4 Å². The van der Waals surface area contributed by atoms with Gasteiger partial charge in [0.15, 0.2) is 0 Å². The molecule has 4 aromatic rings. The van der Waals surface area contributed by atoms with Crippen LogP contribution in [-0.2, 0) is 24.6 Å². The zero-order valence-electron chi connectivity index (χ0n) is 23.8. The summed E-state index contributed by atoms with van der Waals surface area (Å²) >= 11 is 6.54. The van der Waals surface area contributed by atoms with Crippen LogP contribution in [0, 0.1) is 0 Å². The van der Waals surface area contributed by atoms with Crippen LogP contribution in [0.4, 0.5) is 11.6 Å². The van der Waals surface area contributed by atoms with E-state index in [1.165, 1.54) is 0 Å². The fraction of sp³-hybridized carbons (Fsp3) is 0.484. The van der Waals surface area contributed by atoms with Crippen LogP contribution in [0.5, 0.6) is 0 Å². The minimum Gasteiger partial charge on any atom is -0.381 e. The molecular weight excluding hydrogens is 536 g/mol. The SMILES string of the molecule is CC1Cc2nn(C)c(Cc3ccccc3Cl)c2-c2nc(Nc3cnn(C4CCN(C5CCOCC5)CC4)c3)ncc21. The second-order valence-corrected chi connectivity index (χ2v) is 12.1. The highest BCUT2D eigenvalue weighted by Gasteiger charge is 2.31. The molecule has 2 saturated heterocycles. The van der Waals surface area contributed by atoms with Gasteiger partial charge in [-0.05, 0) is 49.7 Å². The minimum atomic E-state index is 0.296. The van der Waals surface area contributed by atoms with E-state index in [-0.39, 0.29) is 0 Å². The molecule has 1 N–H and O–H groups in total. The Hall–Kier alpha value is -3.27. The van der Waals surface area contributed by atoms with Gasteiger partial charge in [-0.2, -0.15) is 10.2 Å². The van der Waals surface area contributed by atoms with Crippen LogP contribution in [0.25, 0.3) is 11.3 Å². The molecular formula is C31H37ClN8O.